The zero-order valence-electron chi connectivity index (χ0n) is 12.9. The molecule has 1 heterocycles. The molecule has 0 aliphatic rings. The fraction of sp³-hybridized carbons (Fsp3) is 0.786. The summed E-state index contributed by atoms with van der Waals surface area (Å²) in [5, 5.41) is 7.95. The van der Waals surface area contributed by atoms with Gasteiger partial charge in [0.25, 0.3) is 0 Å². The largest absolute Gasteiger partial charge is 0.493 e. The van der Waals surface area contributed by atoms with Gasteiger partial charge in [0.05, 0.1) is 25.5 Å². The smallest absolute Gasteiger partial charge is 0.161 e. The van der Waals surface area contributed by atoms with Crippen molar-refractivity contribution in [1.82, 2.24) is 15.1 Å². The van der Waals surface area contributed by atoms with Crippen LogP contribution in [-0.2, 0) is 4.74 Å². The van der Waals surface area contributed by atoms with Crippen LogP contribution in [0.3, 0.4) is 0 Å². The van der Waals surface area contributed by atoms with Crippen LogP contribution in [0, 0.1) is 0 Å². The molecule has 1 aromatic rings. The molecule has 0 saturated heterocycles. The van der Waals surface area contributed by atoms with Crippen LogP contribution in [0.5, 0.6) is 5.75 Å². The lowest BCUT2D eigenvalue weighted by molar-refractivity contribution is 0.0785. The molecule has 110 valence electrons. The van der Waals surface area contributed by atoms with Crippen molar-refractivity contribution in [2.75, 3.05) is 20.8 Å². The van der Waals surface area contributed by atoms with Crippen LogP contribution >= 0.6 is 0 Å². The van der Waals surface area contributed by atoms with Crippen molar-refractivity contribution in [3.63, 3.8) is 0 Å². The molecule has 2 atom stereocenters. The second kappa shape index (κ2) is 7.50. The number of hydrogen-bond acceptors (Lipinski definition) is 4. The van der Waals surface area contributed by atoms with Gasteiger partial charge in [0.1, 0.15) is 5.69 Å². The van der Waals surface area contributed by atoms with Crippen molar-refractivity contribution < 1.29 is 9.47 Å². The normalized spacial score (nSPS) is 14.7. The predicted octanol–water partition coefficient (Wildman–Crippen LogP) is 2.55. The van der Waals surface area contributed by atoms with Crippen molar-refractivity contribution in [2.45, 2.75) is 52.3 Å². The first-order valence-corrected chi connectivity index (χ1v) is 6.94. The number of ether oxygens (including phenoxy) is 2. The topological polar surface area (TPSA) is 48.3 Å². The molecule has 1 aromatic heterocycles. The Labute approximate surface area is 116 Å². The van der Waals surface area contributed by atoms with E-state index in [1.165, 1.54) is 0 Å². The summed E-state index contributed by atoms with van der Waals surface area (Å²) < 4.78 is 13.0. The van der Waals surface area contributed by atoms with Gasteiger partial charge in [-0.1, -0.05) is 6.92 Å². The van der Waals surface area contributed by atoms with E-state index >= 15 is 0 Å². The number of nitrogens with zero attached hydrogens (tertiary/aromatic N) is 2. The molecule has 1 rings (SSSR count). The number of nitrogens with one attached hydrogen (secondary N) is 1. The molecule has 19 heavy (non-hydrogen) atoms. The Bertz CT molecular complexity index is 377. The molecule has 0 aromatic carbocycles. The van der Waals surface area contributed by atoms with Crippen LogP contribution in [-0.4, -0.2) is 36.6 Å². The minimum absolute atomic E-state index is 0.0506. The fourth-order valence-electron chi connectivity index (χ4n) is 2.14. The van der Waals surface area contributed by atoms with Gasteiger partial charge in [-0.2, -0.15) is 5.10 Å². The van der Waals surface area contributed by atoms with Crippen LogP contribution in [0.4, 0.5) is 0 Å². The van der Waals surface area contributed by atoms with Gasteiger partial charge < -0.3 is 14.8 Å². The summed E-state index contributed by atoms with van der Waals surface area (Å²) in [5.41, 5.74) is 1.06. The third kappa shape index (κ3) is 3.70. The van der Waals surface area contributed by atoms with Gasteiger partial charge >= 0.3 is 0 Å². The predicted molar refractivity (Wildman–Crippen MR) is 76.7 cm³/mol. The summed E-state index contributed by atoms with van der Waals surface area (Å²) >= 11 is 0. The van der Waals surface area contributed by atoms with Crippen molar-refractivity contribution in [3.8, 4) is 5.75 Å². The molecule has 0 aliphatic carbocycles. The van der Waals surface area contributed by atoms with E-state index in [4.69, 9.17) is 9.47 Å². The molecule has 0 amide bonds. The van der Waals surface area contributed by atoms with Gasteiger partial charge in [-0.15, -0.1) is 0 Å². The number of rotatable bonds is 8. The summed E-state index contributed by atoms with van der Waals surface area (Å²) in [6, 6.07) is 0.360. The Kier molecular flexibility index (Phi) is 6.31. The highest BCUT2D eigenvalue weighted by Crippen LogP contribution is 2.30. The number of methoxy groups -OCH3 is 2. The fourth-order valence-corrected chi connectivity index (χ4v) is 2.14. The van der Waals surface area contributed by atoms with Gasteiger partial charge in [-0.3, -0.25) is 4.68 Å². The number of hydrogen-bond donors (Lipinski definition) is 1. The molecule has 5 heteroatoms. The molecule has 0 radical (unpaired) electrons. The molecule has 2 unspecified atom stereocenters. The van der Waals surface area contributed by atoms with E-state index in [2.05, 4.69) is 38.1 Å². The van der Waals surface area contributed by atoms with Gasteiger partial charge in [-0.05, 0) is 33.7 Å². The van der Waals surface area contributed by atoms with E-state index < -0.39 is 0 Å². The average molecular weight is 269 g/mol. The van der Waals surface area contributed by atoms with Crippen molar-refractivity contribution in [3.05, 3.63) is 11.9 Å². The third-order valence-corrected chi connectivity index (χ3v) is 3.26. The summed E-state index contributed by atoms with van der Waals surface area (Å²) in [7, 11) is 3.41. The van der Waals surface area contributed by atoms with E-state index in [9.17, 15) is 0 Å². The maximum Gasteiger partial charge on any atom is 0.161 e. The first-order chi connectivity index (χ1) is 9.06. The average Bonchev–Trinajstić information content (AvgIpc) is 2.82. The Morgan fingerprint density at radius 1 is 1.32 bits per heavy atom. The second-order valence-corrected chi connectivity index (χ2v) is 5.01. The van der Waals surface area contributed by atoms with Crippen LogP contribution in [0.15, 0.2) is 6.20 Å². The first kappa shape index (κ1) is 16.0. The van der Waals surface area contributed by atoms with Gasteiger partial charge in [0.2, 0.25) is 0 Å². The van der Waals surface area contributed by atoms with Gasteiger partial charge in [0.15, 0.2) is 5.75 Å². The Morgan fingerprint density at radius 3 is 2.47 bits per heavy atom. The van der Waals surface area contributed by atoms with Crippen molar-refractivity contribution >= 4 is 0 Å². The molecule has 1 N–H and O–H groups in total. The zero-order chi connectivity index (χ0) is 14.4. The monoisotopic (exact) mass is 269 g/mol. The Balaban J connectivity index is 3.14. The molecule has 0 spiro atoms. The summed E-state index contributed by atoms with van der Waals surface area (Å²) in [4.78, 5) is 0. The minimum atomic E-state index is 0.0506. The summed E-state index contributed by atoms with van der Waals surface area (Å²) in [6.07, 6.45) is 2.90. The van der Waals surface area contributed by atoms with E-state index in [0.717, 1.165) is 24.4 Å². The van der Waals surface area contributed by atoms with E-state index in [1.807, 2.05) is 4.68 Å². The SMILES string of the molecule is CCCNC(c1c(OC)cnn1C(C)C)C(C)OC. The van der Waals surface area contributed by atoms with Crippen LogP contribution in [0.2, 0.25) is 0 Å². The van der Waals surface area contributed by atoms with E-state index in [0.29, 0.717) is 0 Å². The standard InChI is InChI=1S/C14H27N3O2/c1-7-8-15-13(11(4)18-5)14-12(19-6)9-16-17(14)10(2)3/h9-11,13,15H,7-8H2,1-6H3. The summed E-state index contributed by atoms with van der Waals surface area (Å²) in [5.74, 6) is 0.811. The second-order valence-electron chi connectivity index (χ2n) is 5.01. The van der Waals surface area contributed by atoms with Gasteiger partial charge in [-0.25, -0.2) is 0 Å². The Morgan fingerprint density at radius 2 is 2.00 bits per heavy atom. The zero-order valence-corrected chi connectivity index (χ0v) is 12.9. The highest BCUT2D eigenvalue weighted by atomic mass is 16.5. The van der Waals surface area contributed by atoms with Gasteiger partial charge in [0, 0.05) is 13.2 Å². The highest BCUT2D eigenvalue weighted by molar-refractivity contribution is 5.29. The molecule has 5 nitrogen and oxygen atoms in total. The van der Waals surface area contributed by atoms with E-state index in [-0.39, 0.29) is 18.2 Å². The minimum Gasteiger partial charge on any atom is -0.493 e. The van der Waals surface area contributed by atoms with Crippen molar-refractivity contribution in [2.24, 2.45) is 0 Å². The lowest BCUT2D eigenvalue weighted by atomic mass is 10.1. The van der Waals surface area contributed by atoms with E-state index in [1.54, 1.807) is 20.4 Å². The number of aromatic nitrogens is 2. The molecule has 0 saturated carbocycles. The molecular weight excluding hydrogens is 242 g/mol. The lowest BCUT2D eigenvalue weighted by Gasteiger charge is -2.26. The molecular formula is C14H27N3O2. The molecule has 0 bridgehead atoms. The maximum atomic E-state index is 5.51. The maximum absolute atomic E-state index is 5.51. The van der Waals surface area contributed by atoms with Crippen LogP contribution in [0.1, 0.15) is 51.9 Å². The molecule has 0 aliphatic heterocycles. The highest BCUT2D eigenvalue weighted by Gasteiger charge is 2.27. The third-order valence-electron chi connectivity index (χ3n) is 3.26. The first-order valence-electron chi connectivity index (χ1n) is 6.94. The van der Waals surface area contributed by atoms with Crippen LogP contribution in [0.25, 0.3) is 0 Å². The molecule has 0 fully saturated rings. The quantitative estimate of drug-likeness (QED) is 0.788. The lowest BCUT2D eigenvalue weighted by Crippen LogP contribution is -2.34. The van der Waals surface area contributed by atoms with Crippen molar-refractivity contribution in [1.29, 1.82) is 0 Å². The van der Waals surface area contributed by atoms with Crippen LogP contribution < -0.4 is 10.1 Å². The Hall–Kier alpha value is -1.07. The summed E-state index contributed by atoms with van der Waals surface area (Å²) in [6.45, 7) is 9.38.